The van der Waals surface area contributed by atoms with Crippen molar-refractivity contribution < 1.29 is 28.6 Å². The van der Waals surface area contributed by atoms with E-state index in [1.807, 2.05) is 0 Å². The molecule has 0 aliphatic heterocycles. The second-order valence-corrected chi connectivity index (χ2v) is 20.9. The van der Waals surface area contributed by atoms with Crippen LogP contribution in [0.5, 0.6) is 0 Å². The van der Waals surface area contributed by atoms with Gasteiger partial charge >= 0.3 is 17.9 Å². The van der Waals surface area contributed by atoms with Gasteiger partial charge in [0.05, 0.1) is 0 Å². The first kappa shape index (κ1) is 75.0. The minimum Gasteiger partial charge on any atom is -0.462 e. The first-order valence-electron chi connectivity index (χ1n) is 32.5. The van der Waals surface area contributed by atoms with Crippen molar-refractivity contribution in [1.29, 1.82) is 0 Å². The first-order chi connectivity index (χ1) is 39.5. The zero-order valence-corrected chi connectivity index (χ0v) is 51.5. The van der Waals surface area contributed by atoms with Crippen LogP contribution in [0, 0.1) is 0 Å². The second kappa shape index (κ2) is 66.5. The molecular weight excluding hydrogens is 985 g/mol. The van der Waals surface area contributed by atoms with Crippen LogP contribution in [-0.2, 0) is 28.6 Å². The van der Waals surface area contributed by atoms with Crippen LogP contribution < -0.4 is 0 Å². The van der Waals surface area contributed by atoms with Crippen molar-refractivity contribution in [3.8, 4) is 0 Å². The van der Waals surface area contributed by atoms with Gasteiger partial charge in [-0.05, 0) is 148 Å². The molecule has 0 aromatic carbocycles. The summed E-state index contributed by atoms with van der Waals surface area (Å²) in [7, 11) is 0. The number of unbranched alkanes of at least 4 members (excludes halogenated alkanes) is 20. The summed E-state index contributed by atoms with van der Waals surface area (Å²) >= 11 is 0. The molecule has 6 nitrogen and oxygen atoms in total. The van der Waals surface area contributed by atoms with E-state index in [-0.39, 0.29) is 31.1 Å². The molecule has 80 heavy (non-hydrogen) atoms. The average molecular weight is 1100 g/mol. The predicted molar refractivity (Wildman–Crippen MR) is 348 cm³/mol. The Kier molecular flexibility index (Phi) is 62.4. The van der Waals surface area contributed by atoms with E-state index in [1.54, 1.807) is 0 Å². The number of hydrogen-bond acceptors (Lipinski definition) is 6. The lowest BCUT2D eigenvalue weighted by Gasteiger charge is -2.18. The fraction of sp³-hybridized carbons (Fsp3) is 0.608. The van der Waals surface area contributed by atoms with Gasteiger partial charge in [0.1, 0.15) is 13.2 Å². The van der Waals surface area contributed by atoms with Crippen molar-refractivity contribution in [2.24, 2.45) is 0 Å². The lowest BCUT2D eigenvalue weighted by molar-refractivity contribution is -0.167. The molecule has 0 saturated carbocycles. The molecule has 0 aromatic rings. The van der Waals surface area contributed by atoms with Crippen LogP contribution in [0.4, 0.5) is 0 Å². The predicted octanol–water partition coefficient (Wildman–Crippen LogP) is 22.5. The largest absolute Gasteiger partial charge is 0.462 e. The number of ether oxygens (including phenoxy) is 3. The molecule has 450 valence electrons. The third kappa shape index (κ3) is 63.9. The van der Waals surface area contributed by atoms with E-state index in [1.165, 1.54) is 70.6 Å². The summed E-state index contributed by atoms with van der Waals surface area (Å²) in [6, 6.07) is 0. The summed E-state index contributed by atoms with van der Waals surface area (Å²) in [5.74, 6) is -0.957. The van der Waals surface area contributed by atoms with Gasteiger partial charge in [0.15, 0.2) is 6.10 Å². The van der Waals surface area contributed by atoms with Crippen molar-refractivity contribution in [2.45, 2.75) is 277 Å². The minimum atomic E-state index is -0.809. The van der Waals surface area contributed by atoms with Crippen LogP contribution in [0.25, 0.3) is 0 Å². The van der Waals surface area contributed by atoms with E-state index < -0.39 is 6.10 Å². The molecule has 0 aliphatic rings. The SMILES string of the molecule is CC/C=C\C/C=C\C/C=C\C/C=C\C/C=C\C/C=C\C/C=C\C/C=C\C/C=C\CCCCCC(=O)OCC(COC(=O)CCCCCCC/C=C\CCCCCCC)OC(=O)CCCCCCCCC/C=C\C/C=C\C/C=C\CC. The van der Waals surface area contributed by atoms with Crippen LogP contribution in [0.2, 0.25) is 0 Å². The van der Waals surface area contributed by atoms with E-state index in [0.29, 0.717) is 19.3 Å². The van der Waals surface area contributed by atoms with Crippen molar-refractivity contribution >= 4 is 17.9 Å². The Balaban J connectivity index is 4.42. The van der Waals surface area contributed by atoms with Gasteiger partial charge in [-0.1, -0.05) is 262 Å². The van der Waals surface area contributed by atoms with Gasteiger partial charge in [-0.3, -0.25) is 14.4 Å². The Morgan fingerprint density at radius 2 is 0.487 bits per heavy atom. The molecule has 0 bridgehead atoms. The first-order valence-corrected chi connectivity index (χ1v) is 32.5. The molecule has 0 saturated heterocycles. The second-order valence-electron chi connectivity index (χ2n) is 20.9. The van der Waals surface area contributed by atoms with E-state index in [9.17, 15) is 14.4 Å². The lowest BCUT2D eigenvalue weighted by Crippen LogP contribution is -2.30. The monoisotopic (exact) mass is 1100 g/mol. The number of hydrogen-bond donors (Lipinski definition) is 0. The maximum absolute atomic E-state index is 12.9. The van der Waals surface area contributed by atoms with Crippen molar-refractivity contribution in [3.05, 3.63) is 158 Å². The molecule has 0 spiro atoms. The fourth-order valence-electron chi connectivity index (χ4n) is 8.44. The number of carbonyl (C=O) groups is 3. The molecule has 0 rings (SSSR count). The highest BCUT2D eigenvalue weighted by Crippen LogP contribution is 2.14. The van der Waals surface area contributed by atoms with Gasteiger partial charge in [-0.25, -0.2) is 0 Å². The van der Waals surface area contributed by atoms with Gasteiger partial charge in [0.2, 0.25) is 0 Å². The molecule has 6 heteroatoms. The van der Waals surface area contributed by atoms with Crippen LogP contribution in [0.15, 0.2) is 158 Å². The highest BCUT2D eigenvalue weighted by molar-refractivity contribution is 5.71. The molecule has 0 heterocycles. The summed E-state index contributed by atoms with van der Waals surface area (Å²) in [4.78, 5) is 38.3. The molecule has 1 atom stereocenters. The Bertz CT molecular complexity index is 1790. The Morgan fingerprint density at radius 3 is 0.787 bits per heavy atom. The summed E-state index contributed by atoms with van der Waals surface area (Å²) in [5, 5.41) is 0. The molecule has 0 aromatic heterocycles. The van der Waals surface area contributed by atoms with E-state index in [4.69, 9.17) is 14.2 Å². The van der Waals surface area contributed by atoms with Gasteiger partial charge in [0, 0.05) is 19.3 Å². The van der Waals surface area contributed by atoms with Gasteiger partial charge < -0.3 is 14.2 Å². The third-order valence-corrected chi connectivity index (χ3v) is 13.2. The number of esters is 3. The van der Waals surface area contributed by atoms with Gasteiger partial charge in [-0.2, -0.15) is 0 Å². The standard InChI is InChI=1S/C74H118O6/c1-4-7-10-13-16-19-22-25-28-30-31-32-33-34-35-36-37-38-39-40-41-42-43-45-46-49-52-55-58-61-64-67-73(76)79-70-71(69-78-72(75)66-63-60-57-54-51-48-27-24-21-18-15-12-9-6-3)80-74(77)68-65-62-59-56-53-50-47-44-29-26-23-20-17-14-11-8-5-2/h7-8,10-11,16-17,19-20,24-29,31-32,34-35,37-38,40-41,43,45,49,52,71H,4-6,9,12-15,18,21-23,30,33,36,39,42,44,46-48,50-51,53-70H2,1-3H3/b10-7-,11-8-,19-16-,20-17-,27-24-,28-25-,29-26-,32-31-,35-34-,38-37-,41-40-,45-43-,52-49-. The van der Waals surface area contributed by atoms with E-state index >= 15 is 0 Å². The zero-order chi connectivity index (χ0) is 57.8. The Hall–Kier alpha value is -4.97. The van der Waals surface area contributed by atoms with Crippen LogP contribution in [0.1, 0.15) is 271 Å². The van der Waals surface area contributed by atoms with Crippen LogP contribution >= 0.6 is 0 Å². The molecular formula is C74H118O6. The fourth-order valence-corrected chi connectivity index (χ4v) is 8.44. The lowest BCUT2D eigenvalue weighted by atomic mass is 10.1. The highest BCUT2D eigenvalue weighted by Gasteiger charge is 2.19. The van der Waals surface area contributed by atoms with Crippen LogP contribution in [-0.4, -0.2) is 37.2 Å². The smallest absolute Gasteiger partial charge is 0.306 e. The van der Waals surface area contributed by atoms with E-state index in [2.05, 4.69) is 179 Å². The molecule has 0 amide bonds. The van der Waals surface area contributed by atoms with Gasteiger partial charge in [-0.15, -0.1) is 0 Å². The molecule has 1 unspecified atom stereocenters. The quantitative estimate of drug-likeness (QED) is 0.0261. The third-order valence-electron chi connectivity index (χ3n) is 13.2. The zero-order valence-electron chi connectivity index (χ0n) is 51.5. The van der Waals surface area contributed by atoms with E-state index in [0.717, 1.165) is 161 Å². The highest BCUT2D eigenvalue weighted by atomic mass is 16.6. The molecule has 0 fully saturated rings. The Morgan fingerprint density at radius 1 is 0.263 bits per heavy atom. The average Bonchev–Trinajstić information content (AvgIpc) is 3.46. The molecule has 0 aliphatic carbocycles. The minimum absolute atomic E-state index is 0.103. The number of allylic oxidation sites excluding steroid dienone is 26. The van der Waals surface area contributed by atoms with Crippen molar-refractivity contribution in [2.75, 3.05) is 13.2 Å². The molecule has 0 radical (unpaired) electrons. The molecule has 0 N–H and O–H groups in total. The summed E-state index contributed by atoms with van der Waals surface area (Å²) in [6.07, 6.45) is 96.7. The van der Waals surface area contributed by atoms with Crippen molar-refractivity contribution in [3.63, 3.8) is 0 Å². The summed E-state index contributed by atoms with van der Waals surface area (Å²) in [5.41, 5.74) is 0. The normalized spacial score (nSPS) is 13.2. The summed E-state index contributed by atoms with van der Waals surface area (Å²) in [6.45, 7) is 6.36. The topological polar surface area (TPSA) is 78.9 Å². The number of rotatable bonds is 57. The van der Waals surface area contributed by atoms with Crippen LogP contribution in [0.3, 0.4) is 0 Å². The number of carbonyl (C=O) groups excluding carboxylic acids is 3. The van der Waals surface area contributed by atoms with Gasteiger partial charge in [0.25, 0.3) is 0 Å². The Labute approximate surface area is 492 Å². The maximum Gasteiger partial charge on any atom is 0.306 e. The maximum atomic E-state index is 12.9. The summed E-state index contributed by atoms with van der Waals surface area (Å²) < 4.78 is 16.9. The van der Waals surface area contributed by atoms with Crippen molar-refractivity contribution in [1.82, 2.24) is 0 Å².